The van der Waals surface area contributed by atoms with Crippen molar-refractivity contribution in [3.05, 3.63) is 58.7 Å². The van der Waals surface area contributed by atoms with Gasteiger partial charge in [0.25, 0.3) is 0 Å². The van der Waals surface area contributed by atoms with Gasteiger partial charge in [-0.3, -0.25) is 4.79 Å². The van der Waals surface area contributed by atoms with Gasteiger partial charge in [-0.2, -0.15) is 0 Å². The van der Waals surface area contributed by atoms with Crippen molar-refractivity contribution in [2.24, 2.45) is 0 Å². The van der Waals surface area contributed by atoms with Crippen LogP contribution in [0.5, 0.6) is 0 Å². The number of aromatic nitrogens is 2. The summed E-state index contributed by atoms with van der Waals surface area (Å²) < 4.78 is 5.83. The summed E-state index contributed by atoms with van der Waals surface area (Å²) in [5, 5.41) is 0. The summed E-state index contributed by atoms with van der Waals surface area (Å²) in [6, 6.07) is 8.38. The Morgan fingerprint density at radius 1 is 1.28 bits per heavy atom. The molecular weight excluding hydrogens is 314 g/mol. The van der Waals surface area contributed by atoms with E-state index in [1.165, 1.54) is 24.0 Å². The summed E-state index contributed by atoms with van der Waals surface area (Å²) in [6.45, 7) is 3.61. The van der Waals surface area contributed by atoms with Crippen molar-refractivity contribution in [3.63, 3.8) is 0 Å². The molecule has 1 fully saturated rings. The van der Waals surface area contributed by atoms with Crippen molar-refractivity contribution in [1.82, 2.24) is 14.9 Å². The molecule has 1 aromatic heterocycles. The monoisotopic (exact) mass is 337 g/mol. The van der Waals surface area contributed by atoms with Gasteiger partial charge in [-0.1, -0.05) is 18.2 Å². The third-order valence-electron chi connectivity index (χ3n) is 5.06. The van der Waals surface area contributed by atoms with Crippen LogP contribution in [0.25, 0.3) is 0 Å². The topological polar surface area (TPSA) is 55.3 Å². The summed E-state index contributed by atoms with van der Waals surface area (Å²) in [7, 11) is 0. The van der Waals surface area contributed by atoms with Gasteiger partial charge in [0.15, 0.2) is 0 Å². The van der Waals surface area contributed by atoms with Gasteiger partial charge in [0.1, 0.15) is 11.9 Å². The zero-order valence-electron chi connectivity index (χ0n) is 14.6. The zero-order chi connectivity index (χ0) is 17.2. The normalized spacial score (nSPS) is 19.7. The van der Waals surface area contributed by atoms with E-state index in [2.05, 4.69) is 28.2 Å². The lowest BCUT2D eigenvalue weighted by Crippen LogP contribution is -2.43. The van der Waals surface area contributed by atoms with Crippen LogP contribution in [0.4, 0.5) is 0 Å². The molecule has 1 amide bonds. The predicted molar refractivity (Wildman–Crippen MR) is 94.2 cm³/mol. The maximum Gasteiger partial charge on any atom is 0.227 e. The highest BCUT2D eigenvalue weighted by molar-refractivity contribution is 5.79. The molecule has 0 N–H and O–H groups in total. The van der Waals surface area contributed by atoms with Crippen LogP contribution in [0.1, 0.15) is 40.7 Å². The van der Waals surface area contributed by atoms with Crippen LogP contribution in [-0.4, -0.2) is 40.5 Å². The molecule has 2 aliphatic rings. The van der Waals surface area contributed by atoms with Gasteiger partial charge in [-0.25, -0.2) is 9.97 Å². The molecular formula is C20H23N3O2. The fourth-order valence-corrected chi connectivity index (χ4v) is 3.73. The number of rotatable bonds is 3. The molecule has 25 heavy (non-hydrogen) atoms. The van der Waals surface area contributed by atoms with E-state index in [4.69, 9.17) is 4.74 Å². The highest BCUT2D eigenvalue weighted by Crippen LogP contribution is 2.24. The molecule has 2 heterocycles. The lowest BCUT2D eigenvalue weighted by atomic mass is 10.0. The van der Waals surface area contributed by atoms with Crippen LogP contribution < -0.4 is 0 Å². The van der Waals surface area contributed by atoms with Crippen molar-refractivity contribution in [1.29, 1.82) is 0 Å². The number of benzene rings is 1. The van der Waals surface area contributed by atoms with Crippen LogP contribution >= 0.6 is 0 Å². The Morgan fingerprint density at radius 3 is 3.04 bits per heavy atom. The van der Waals surface area contributed by atoms with Crippen molar-refractivity contribution >= 4 is 5.91 Å². The Kier molecular flexibility index (Phi) is 4.49. The average molecular weight is 337 g/mol. The minimum atomic E-state index is -0.167. The fourth-order valence-electron chi connectivity index (χ4n) is 3.73. The number of nitrogens with zero attached hydrogens (tertiary/aromatic N) is 3. The molecule has 0 saturated carbocycles. The van der Waals surface area contributed by atoms with Gasteiger partial charge in [0.05, 0.1) is 25.3 Å². The van der Waals surface area contributed by atoms with Gasteiger partial charge < -0.3 is 9.64 Å². The first-order valence-corrected chi connectivity index (χ1v) is 8.98. The molecule has 0 bridgehead atoms. The average Bonchev–Trinajstić information content (AvgIpc) is 3.09. The Balaban J connectivity index is 1.43. The Labute approximate surface area is 148 Å². The highest BCUT2D eigenvalue weighted by atomic mass is 16.5. The molecule has 5 heteroatoms. The van der Waals surface area contributed by atoms with Crippen molar-refractivity contribution in [2.75, 3.05) is 19.7 Å². The molecule has 2 aromatic rings. The number of amides is 1. The molecule has 1 aliphatic heterocycles. The van der Waals surface area contributed by atoms with Crippen molar-refractivity contribution < 1.29 is 9.53 Å². The molecule has 0 radical (unpaired) electrons. The number of hydrogen-bond donors (Lipinski definition) is 0. The van der Waals surface area contributed by atoms with Crippen molar-refractivity contribution in [2.45, 2.75) is 38.7 Å². The van der Waals surface area contributed by atoms with E-state index in [9.17, 15) is 4.79 Å². The molecule has 130 valence electrons. The molecule has 1 aromatic carbocycles. The molecule has 1 aliphatic carbocycles. The molecule has 1 saturated heterocycles. The summed E-state index contributed by atoms with van der Waals surface area (Å²) in [6.07, 6.45) is 5.59. The summed E-state index contributed by atoms with van der Waals surface area (Å²) in [5.41, 5.74) is 4.83. The number of fused-ring (bicyclic) bond motifs is 1. The second kappa shape index (κ2) is 6.92. The fraction of sp³-hybridized carbons (Fsp3) is 0.450. The second-order valence-corrected chi connectivity index (χ2v) is 6.86. The largest absolute Gasteiger partial charge is 0.368 e. The third kappa shape index (κ3) is 3.56. The number of aryl methyl sites for hydroxylation is 3. The number of carbonyl (C=O) groups excluding carboxylic acids is 1. The van der Waals surface area contributed by atoms with Gasteiger partial charge in [-0.05, 0) is 48.9 Å². The van der Waals surface area contributed by atoms with E-state index in [0.29, 0.717) is 26.1 Å². The quantitative estimate of drug-likeness (QED) is 0.863. The first-order valence-electron chi connectivity index (χ1n) is 8.98. The van der Waals surface area contributed by atoms with E-state index in [0.717, 1.165) is 23.5 Å². The van der Waals surface area contributed by atoms with Crippen LogP contribution in [0.2, 0.25) is 0 Å². The van der Waals surface area contributed by atoms with Crippen molar-refractivity contribution in [3.8, 4) is 0 Å². The third-order valence-corrected chi connectivity index (χ3v) is 5.06. The minimum absolute atomic E-state index is 0.164. The number of morpholine rings is 1. The predicted octanol–water partition coefficient (Wildman–Crippen LogP) is 2.42. The minimum Gasteiger partial charge on any atom is -0.368 e. The first-order chi connectivity index (χ1) is 12.2. The molecule has 1 unspecified atom stereocenters. The van der Waals surface area contributed by atoms with Crippen LogP contribution in [0, 0.1) is 6.92 Å². The van der Waals surface area contributed by atoms with E-state index in [1.807, 2.05) is 17.9 Å². The van der Waals surface area contributed by atoms with Gasteiger partial charge in [0, 0.05) is 12.7 Å². The van der Waals surface area contributed by atoms with E-state index in [-0.39, 0.29) is 12.0 Å². The number of hydrogen-bond acceptors (Lipinski definition) is 4. The van der Waals surface area contributed by atoms with Crippen LogP contribution in [0.15, 0.2) is 30.5 Å². The standard InChI is InChI=1S/C20H23N3O2/c1-14-21-8-7-18(22-14)19-13-23(9-10-25-19)20(24)12-15-5-6-16-3-2-4-17(16)11-15/h5-8,11,19H,2-4,9-10,12-13H2,1H3. The lowest BCUT2D eigenvalue weighted by molar-refractivity contribution is -0.138. The second-order valence-electron chi connectivity index (χ2n) is 6.86. The van der Waals surface area contributed by atoms with E-state index < -0.39 is 0 Å². The van der Waals surface area contributed by atoms with E-state index >= 15 is 0 Å². The molecule has 5 nitrogen and oxygen atoms in total. The maximum absolute atomic E-state index is 12.7. The smallest absolute Gasteiger partial charge is 0.227 e. The lowest BCUT2D eigenvalue weighted by Gasteiger charge is -2.32. The van der Waals surface area contributed by atoms with Crippen LogP contribution in [-0.2, 0) is 28.8 Å². The number of carbonyl (C=O) groups is 1. The first kappa shape index (κ1) is 16.2. The molecule has 0 spiro atoms. The summed E-state index contributed by atoms with van der Waals surface area (Å²) in [4.78, 5) is 23.2. The zero-order valence-corrected chi connectivity index (χ0v) is 14.6. The molecule has 1 atom stereocenters. The summed E-state index contributed by atoms with van der Waals surface area (Å²) >= 11 is 0. The number of ether oxygens (including phenoxy) is 1. The van der Waals surface area contributed by atoms with Gasteiger partial charge in [-0.15, -0.1) is 0 Å². The highest BCUT2D eigenvalue weighted by Gasteiger charge is 2.26. The Bertz CT molecular complexity index is 790. The Morgan fingerprint density at radius 2 is 2.16 bits per heavy atom. The summed E-state index contributed by atoms with van der Waals surface area (Å²) in [5.74, 6) is 0.889. The molecule has 4 rings (SSSR count). The van der Waals surface area contributed by atoms with Gasteiger partial charge >= 0.3 is 0 Å². The van der Waals surface area contributed by atoms with Gasteiger partial charge in [0.2, 0.25) is 5.91 Å². The van der Waals surface area contributed by atoms with E-state index in [1.54, 1.807) is 6.20 Å². The SMILES string of the molecule is Cc1nccc(C2CN(C(=O)Cc3ccc4c(c3)CCC4)CCO2)n1. The van der Waals surface area contributed by atoms with Crippen LogP contribution in [0.3, 0.4) is 0 Å². The Hall–Kier alpha value is -2.27. The maximum atomic E-state index is 12.7.